The lowest BCUT2D eigenvalue weighted by Gasteiger charge is -2.43. The molecule has 5 atom stereocenters. The van der Waals surface area contributed by atoms with Gasteiger partial charge in [-0.25, -0.2) is 4.98 Å². The van der Waals surface area contributed by atoms with Gasteiger partial charge in [0.15, 0.2) is 18.0 Å². The summed E-state index contributed by atoms with van der Waals surface area (Å²) >= 11 is 1.34. The summed E-state index contributed by atoms with van der Waals surface area (Å²) in [7, 11) is 0. The third-order valence-electron chi connectivity index (χ3n) is 5.30. The molecule has 1 aromatic carbocycles. The number of carbonyl (C=O) groups excluding carboxylic acids is 5. The molecule has 39 heavy (non-hydrogen) atoms. The smallest absolute Gasteiger partial charge is 0.303 e. The Kier molecular flexibility index (Phi) is 9.95. The van der Waals surface area contributed by atoms with Gasteiger partial charge in [0.25, 0.3) is 0 Å². The number of benzene rings is 1. The highest BCUT2D eigenvalue weighted by Crippen LogP contribution is 2.32. The lowest BCUT2D eigenvalue weighted by molar-refractivity contribution is -0.288. The van der Waals surface area contributed by atoms with Gasteiger partial charge < -0.3 is 33.5 Å². The quantitative estimate of drug-likeness (QED) is 0.251. The number of carbonyl (C=O) groups is 5. The molecule has 2 aromatic rings. The number of nitrogens with zero attached hydrogens (tertiary/aromatic N) is 1. The molecule has 0 amide bonds. The van der Waals surface area contributed by atoms with Crippen molar-refractivity contribution in [3.8, 4) is 11.5 Å². The molecule has 1 aromatic heterocycles. The fraction of sp³-hybridized carbons (Fsp3) is 0.440. The van der Waals surface area contributed by atoms with Gasteiger partial charge in [-0.2, -0.15) is 0 Å². The molecule has 13 nitrogen and oxygen atoms in total. The fourth-order valence-corrected chi connectivity index (χ4v) is 4.38. The highest BCUT2D eigenvalue weighted by atomic mass is 32.1. The summed E-state index contributed by atoms with van der Waals surface area (Å²) in [5.74, 6) is -3.78. The Labute approximate surface area is 226 Å². The van der Waals surface area contributed by atoms with E-state index >= 15 is 0 Å². The van der Waals surface area contributed by atoms with Gasteiger partial charge >= 0.3 is 23.9 Å². The summed E-state index contributed by atoms with van der Waals surface area (Å²) in [4.78, 5) is 63.8. The summed E-state index contributed by atoms with van der Waals surface area (Å²) in [5, 5.41) is 12.2. The number of hydrogen-bond donors (Lipinski definition) is 1. The van der Waals surface area contributed by atoms with E-state index in [0.29, 0.717) is 5.69 Å². The molecule has 0 aliphatic carbocycles. The van der Waals surface area contributed by atoms with Crippen molar-refractivity contribution in [1.82, 2.24) is 4.98 Å². The summed E-state index contributed by atoms with van der Waals surface area (Å²) in [6.45, 7) is 4.04. The van der Waals surface area contributed by atoms with Gasteiger partial charge in [0.2, 0.25) is 12.4 Å². The number of ketones is 1. The maximum absolute atomic E-state index is 12.6. The minimum atomic E-state index is -1.48. The maximum atomic E-state index is 12.6. The molecule has 14 heteroatoms. The summed E-state index contributed by atoms with van der Waals surface area (Å²) in [6.07, 6.45) is -6.90. The van der Waals surface area contributed by atoms with E-state index in [2.05, 4.69) is 4.98 Å². The number of ether oxygens (including phenoxy) is 6. The zero-order chi connectivity index (χ0) is 28.7. The molecule has 1 fully saturated rings. The maximum Gasteiger partial charge on any atom is 0.303 e. The number of thiazole rings is 1. The number of phenols is 1. The second-order valence-electron chi connectivity index (χ2n) is 8.44. The van der Waals surface area contributed by atoms with Gasteiger partial charge in [0, 0.05) is 39.1 Å². The molecule has 0 radical (unpaired) electrons. The summed E-state index contributed by atoms with van der Waals surface area (Å²) in [5.41, 5.74) is 2.17. The van der Waals surface area contributed by atoms with E-state index in [1.165, 1.54) is 23.5 Å². The number of aromatic nitrogens is 1. The molecular weight excluding hydrogens is 538 g/mol. The Morgan fingerprint density at radius 2 is 1.56 bits per heavy atom. The Hall–Kier alpha value is -4.04. The van der Waals surface area contributed by atoms with Crippen molar-refractivity contribution >= 4 is 41.0 Å². The van der Waals surface area contributed by atoms with Gasteiger partial charge in [-0.15, -0.1) is 11.3 Å². The first kappa shape index (κ1) is 29.5. The molecule has 0 spiro atoms. The van der Waals surface area contributed by atoms with Crippen molar-refractivity contribution in [2.45, 2.75) is 64.8 Å². The number of Topliss-reactive ketones (excluding diaryl/α,β-unsaturated/α-hetero) is 1. The summed E-state index contributed by atoms with van der Waals surface area (Å²) in [6, 6.07) is 3.87. The normalized spacial score (nSPS) is 22.3. The standard InChI is InChI=1S/C25H27NO12S/c1-12(27)33-9-21-22(34-13(2)28)23(35-14(3)29)24(36-15(4)30)25(38-21)37-17-5-6-18(20(32)8-17)19(31)7-16-10-39-11-26-16/h5-6,8,10-11,21-25,32H,7,9H2,1-4H3/t21-,22+,23-,24+,25-/m0/s1. The van der Waals surface area contributed by atoms with Crippen molar-refractivity contribution in [3.05, 3.63) is 40.3 Å². The molecule has 3 rings (SSSR count). The largest absolute Gasteiger partial charge is 0.507 e. The zero-order valence-electron chi connectivity index (χ0n) is 21.5. The van der Waals surface area contributed by atoms with Gasteiger partial charge in [-0.3, -0.25) is 24.0 Å². The van der Waals surface area contributed by atoms with Crippen molar-refractivity contribution in [2.24, 2.45) is 0 Å². The number of aromatic hydroxyl groups is 1. The average Bonchev–Trinajstić information content (AvgIpc) is 3.33. The van der Waals surface area contributed by atoms with E-state index in [0.717, 1.165) is 33.8 Å². The molecule has 0 unspecified atom stereocenters. The van der Waals surface area contributed by atoms with Crippen LogP contribution in [0.3, 0.4) is 0 Å². The van der Waals surface area contributed by atoms with Crippen LogP contribution in [0.15, 0.2) is 29.1 Å². The Morgan fingerprint density at radius 1 is 0.923 bits per heavy atom. The monoisotopic (exact) mass is 565 g/mol. The van der Waals surface area contributed by atoms with Crippen LogP contribution in [0.2, 0.25) is 0 Å². The van der Waals surface area contributed by atoms with E-state index in [-0.39, 0.29) is 23.5 Å². The SMILES string of the molecule is CC(=O)OC[C@@H]1O[C@H](Oc2ccc(C(=O)Cc3cscn3)c(O)c2)[C@H](OC(C)=O)[C@@H](OC(C)=O)[C@@H]1OC(C)=O. The van der Waals surface area contributed by atoms with E-state index < -0.39 is 66.9 Å². The van der Waals surface area contributed by atoms with Crippen LogP contribution in [0.4, 0.5) is 0 Å². The van der Waals surface area contributed by atoms with Crippen molar-refractivity contribution in [3.63, 3.8) is 0 Å². The third kappa shape index (κ3) is 8.22. The van der Waals surface area contributed by atoms with E-state index in [1.54, 1.807) is 10.9 Å². The minimum absolute atomic E-state index is 0.00129. The topological polar surface area (TPSA) is 174 Å². The van der Waals surface area contributed by atoms with Gasteiger partial charge in [-0.1, -0.05) is 0 Å². The van der Waals surface area contributed by atoms with Crippen LogP contribution in [0.1, 0.15) is 43.7 Å². The van der Waals surface area contributed by atoms with E-state index in [1.807, 2.05) is 0 Å². The molecule has 2 heterocycles. The number of esters is 4. The first-order chi connectivity index (χ1) is 18.4. The molecule has 1 N–H and O–H groups in total. The first-order valence-electron chi connectivity index (χ1n) is 11.6. The fourth-order valence-electron chi connectivity index (χ4n) is 3.82. The number of hydrogen-bond acceptors (Lipinski definition) is 14. The van der Waals surface area contributed by atoms with Crippen molar-refractivity contribution < 1.29 is 57.5 Å². The number of phenolic OH excluding ortho intramolecular Hbond substituents is 1. The predicted molar refractivity (Wildman–Crippen MR) is 131 cm³/mol. The Morgan fingerprint density at radius 3 is 2.13 bits per heavy atom. The molecule has 0 bridgehead atoms. The Bertz CT molecular complexity index is 1210. The highest BCUT2D eigenvalue weighted by Gasteiger charge is 2.53. The van der Waals surface area contributed by atoms with Crippen LogP contribution in [0, 0.1) is 0 Å². The van der Waals surface area contributed by atoms with Crippen molar-refractivity contribution in [2.75, 3.05) is 6.61 Å². The van der Waals surface area contributed by atoms with Crippen molar-refractivity contribution in [1.29, 1.82) is 0 Å². The van der Waals surface area contributed by atoms with Crippen LogP contribution < -0.4 is 4.74 Å². The minimum Gasteiger partial charge on any atom is -0.507 e. The van der Waals surface area contributed by atoms with E-state index in [4.69, 9.17) is 28.4 Å². The lowest BCUT2D eigenvalue weighted by Crippen LogP contribution is -2.63. The lowest BCUT2D eigenvalue weighted by atomic mass is 9.98. The highest BCUT2D eigenvalue weighted by molar-refractivity contribution is 7.07. The molecule has 1 aliphatic heterocycles. The predicted octanol–water partition coefficient (Wildman–Crippen LogP) is 1.74. The van der Waals surface area contributed by atoms with Crippen LogP contribution in [-0.2, 0) is 49.3 Å². The molecule has 1 aliphatic rings. The van der Waals surface area contributed by atoms with Gasteiger partial charge in [-0.05, 0) is 12.1 Å². The molecule has 0 saturated carbocycles. The van der Waals surface area contributed by atoms with Gasteiger partial charge in [0.1, 0.15) is 24.2 Å². The Balaban J connectivity index is 1.91. The van der Waals surface area contributed by atoms with Crippen LogP contribution in [-0.4, -0.2) is 77.1 Å². The summed E-state index contributed by atoms with van der Waals surface area (Å²) < 4.78 is 32.7. The third-order valence-corrected chi connectivity index (χ3v) is 5.93. The van der Waals surface area contributed by atoms with Crippen LogP contribution >= 0.6 is 11.3 Å². The molecule has 210 valence electrons. The zero-order valence-corrected chi connectivity index (χ0v) is 22.3. The van der Waals surface area contributed by atoms with Crippen LogP contribution in [0.5, 0.6) is 11.5 Å². The first-order valence-corrected chi connectivity index (χ1v) is 12.6. The molecule has 1 saturated heterocycles. The van der Waals surface area contributed by atoms with Gasteiger partial charge in [0.05, 0.1) is 23.2 Å². The second kappa shape index (κ2) is 13.2. The average molecular weight is 566 g/mol. The van der Waals surface area contributed by atoms with Crippen LogP contribution in [0.25, 0.3) is 0 Å². The molecular formula is C25H27NO12S. The second-order valence-corrected chi connectivity index (χ2v) is 9.16. The van der Waals surface area contributed by atoms with E-state index in [9.17, 15) is 29.1 Å². The number of rotatable bonds is 10.